The predicted molar refractivity (Wildman–Crippen MR) is 67.9 cm³/mol. The average molecular weight is 276 g/mol. The first kappa shape index (κ1) is 15.1. The quantitative estimate of drug-likeness (QED) is 0.708. The monoisotopic (exact) mass is 275 g/mol. The van der Waals surface area contributed by atoms with Gasteiger partial charge in [0, 0.05) is 20.8 Å². The predicted octanol–water partition coefficient (Wildman–Crippen LogP) is 0.729. The molecule has 2 N–H and O–H groups in total. The number of rotatable bonds is 8. The van der Waals surface area contributed by atoms with E-state index in [2.05, 4.69) is 5.10 Å². The number of methoxy groups -OCH3 is 2. The molecule has 0 radical (unpaired) electrons. The van der Waals surface area contributed by atoms with Crippen LogP contribution in [0.1, 0.15) is 16.9 Å². The zero-order chi connectivity index (χ0) is 13.5. The van der Waals surface area contributed by atoms with Gasteiger partial charge in [0.05, 0.1) is 30.4 Å². The van der Waals surface area contributed by atoms with Crippen molar-refractivity contribution >= 4 is 17.4 Å². The molecule has 102 valence electrons. The summed E-state index contributed by atoms with van der Waals surface area (Å²) in [6, 6.07) is -0.638. The fraction of sp³-hybridized carbons (Fsp3) is 0.636. The first-order chi connectivity index (χ1) is 8.61. The van der Waals surface area contributed by atoms with Crippen LogP contribution < -0.4 is 5.73 Å². The maximum absolute atomic E-state index is 12.1. The number of ether oxygens (including phenoxy) is 2. The van der Waals surface area contributed by atoms with Crippen molar-refractivity contribution in [2.24, 2.45) is 5.73 Å². The van der Waals surface area contributed by atoms with Crippen molar-refractivity contribution in [3.8, 4) is 0 Å². The van der Waals surface area contributed by atoms with Gasteiger partial charge in [-0.1, -0.05) is 11.6 Å². The highest BCUT2D eigenvalue weighted by molar-refractivity contribution is 6.33. The number of Topliss-reactive ketones (excluding diaryl/α,β-unsaturated/α-hetero) is 1. The topological polar surface area (TPSA) is 79.4 Å². The molecule has 0 saturated heterocycles. The molecule has 0 aliphatic heterocycles. The Labute approximate surface area is 111 Å². The summed E-state index contributed by atoms with van der Waals surface area (Å²) >= 11 is 5.97. The Morgan fingerprint density at radius 1 is 1.50 bits per heavy atom. The molecule has 0 bridgehead atoms. The van der Waals surface area contributed by atoms with E-state index in [0.29, 0.717) is 36.9 Å². The molecule has 7 heteroatoms. The third-order valence-electron chi connectivity index (χ3n) is 2.51. The van der Waals surface area contributed by atoms with Crippen molar-refractivity contribution in [3.05, 3.63) is 16.9 Å². The minimum Gasteiger partial charge on any atom is -0.385 e. The van der Waals surface area contributed by atoms with Gasteiger partial charge in [0.15, 0.2) is 5.78 Å². The van der Waals surface area contributed by atoms with Gasteiger partial charge in [-0.05, 0) is 6.42 Å². The zero-order valence-electron chi connectivity index (χ0n) is 10.6. The summed E-state index contributed by atoms with van der Waals surface area (Å²) in [5.74, 6) is -0.231. The zero-order valence-corrected chi connectivity index (χ0v) is 11.3. The van der Waals surface area contributed by atoms with Crippen molar-refractivity contribution in [1.82, 2.24) is 9.78 Å². The lowest BCUT2D eigenvalue weighted by molar-refractivity contribution is 0.0921. The van der Waals surface area contributed by atoms with Crippen LogP contribution in [0, 0.1) is 0 Å². The molecule has 1 aromatic heterocycles. The van der Waals surface area contributed by atoms with Crippen molar-refractivity contribution in [3.63, 3.8) is 0 Å². The van der Waals surface area contributed by atoms with E-state index < -0.39 is 6.04 Å². The third kappa shape index (κ3) is 3.78. The maximum Gasteiger partial charge on any atom is 0.199 e. The van der Waals surface area contributed by atoms with Crippen LogP contribution in [0.2, 0.25) is 5.02 Å². The van der Waals surface area contributed by atoms with Crippen LogP contribution in [-0.2, 0) is 16.0 Å². The van der Waals surface area contributed by atoms with Crippen molar-refractivity contribution in [2.75, 3.05) is 27.4 Å². The molecule has 0 fully saturated rings. The SMILES string of the molecule is COCCC(N)C(=O)c1c(Cl)cnn1CCOC. The fourth-order valence-corrected chi connectivity index (χ4v) is 1.74. The minimum absolute atomic E-state index is 0.231. The number of carbonyl (C=O) groups is 1. The van der Waals surface area contributed by atoms with Crippen LogP contribution in [-0.4, -0.2) is 49.0 Å². The lowest BCUT2D eigenvalue weighted by atomic mass is 10.1. The van der Waals surface area contributed by atoms with Crippen LogP contribution >= 0.6 is 11.6 Å². The molecule has 1 atom stereocenters. The molecule has 0 aliphatic rings. The Morgan fingerprint density at radius 2 is 2.17 bits per heavy atom. The van der Waals surface area contributed by atoms with Gasteiger partial charge in [0.25, 0.3) is 0 Å². The number of halogens is 1. The van der Waals surface area contributed by atoms with E-state index in [4.69, 9.17) is 26.8 Å². The van der Waals surface area contributed by atoms with E-state index in [1.54, 1.807) is 14.2 Å². The smallest absolute Gasteiger partial charge is 0.199 e. The van der Waals surface area contributed by atoms with Crippen LogP contribution in [0.5, 0.6) is 0 Å². The van der Waals surface area contributed by atoms with Crippen LogP contribution in [0.3, 0.4) is 0 Å². The number of carbonyl (C=O) groups excluding carboxylic acids is 1. The van der Waals surface area contributed by atoms with Gasteiger partial charge in [0.1, 0.15) is 5.69 Å². The standard InChI is InChI=1S/C11H18ClN3O3/c1-17-5-3-9(13)11(16)10-8(12)7-14-15(10)4-6-18-2/h7,9H,3-6,13H2,1-2H3. The van der Waals surface area contributed by atoms with E-state index in [0.717, 1.165) is 0 Å². The Balaban J connectivity index is 2.80. The van der Waals surface area contributed by atoms with Crippen LogP contribution in [0.15, 0.2) is 6.20 Å². The summed E-state index contributed by atoms with van der Waals surface area (Å²) in [5.41, 5.74) is 6.13. The molecule has 18 heavy (non-hydrogen) atoms. The molecule has 1 unspecified atom stereocenters. The van der Waals surface area contributed by atoms with Crippen LogP contribution in [0.25, 0.3) is 0 Å². The summed E-state index contributed by atoms with van der Waals surface area (Å²) in [5, 5.41) is 4.34. The highest BCUT2D eigenvalue weighted by atomic mass is 35.5. The molecule has 1 heterocycles. The van der Waals surface area contributed by atoms with E-state index in [-0.39, 0.29) is 5.78 Å². The number of hydrogen-bond donors (Lipinski definition) is 1. The number of ketones is 1. The average Bonchev–Trinajstić information content (AvgIpc) is 2.73. The van der Waals surface area contributed by atoms with E-state index >= 15 is 0 Å². The normalized spacial score (nSPS) is 12.7. The number of nitrogens with two attached hydrogens (primary N) is 1. The van der Waals surface area contributed by atoms with Crippen molar-refractivity contribution < 1.29 is 14.3 Å². The third-order valence-corrected chi connectivity index (χ3v) is 2.78. The molecule has 0 spiro atoms. The molecule has 0 saturated carbocycles. The van der Waals surface area contributed by atoms with Gasteiger partial charge in [0.2, 0.25) is 0 Å². The lowest BCUT2D eigenvalue weighted by Crippen LogP contribution is -2.33. The Kier molecular flexibility index (Phi) is 6.28. The van der Waals surface area contributed by atoms with Crippen LogP contribution in [0.4, 0.5) is 0 Å². The first-order valence-corrected chi connectivity index (χ1v) is 5.98. The van der Waals surface area contributed by atoms with E-state index in [1.807, 2.05) is 0 Å². The molecule has 1 rings (SSSR count). The van der Waals surface area contributed by atoms with Gasteiger partial charge in [-0.3, -0.25) is 9.48 Å². The lowest BCUT2D eigenvalue weighted by Gasteiger charge is -2.12. The van der Waals surface area contributed by atoms with Gasteiger partial charge < -0.3 is 15.2 Å². The number of hydrogen-bond acceptors (Lipinski definition) is 5. The largest absolute Gasteiger partial charge is 0.385 e. The Bertz CT molecular complexity index is 395. The molecule has 6 nitrogen and oxygen atoms in total. The summed E-state index contributed by atoms with van der Waals surface area (Å²) in [6.07, 6.45) is 1.88. The van der Waals surface area contributed by atoms with E-state index in [9.17, 15) is 4.79 Å². The second-order valence-electron chi connectivity index (χ2n) is 3.81. The van der Waals surface area contributed by atoms with E-state index in [1.165, 1.54) is 10.9 Å². The summed E-state index contributed by atoms with van der Waals surface area (Å²) in [4.78, 5) is 12.1. The molecule has 0 amide bonds. The minimum atomic E-state index is -0.638. The van der Waals surface area contributed by atoms with Gasteiger partial charge in [-0.25, -0.2) is 0 Å². The van der Waals surface area contributed by atoms with Gasteiger partial charge in [-0.2, -0.15) is 5.10 Å². The second-order valence-corrected chi connectivity index (χ2v) is 4.22. The Morgan fingerprint density at radius 3 is 2.78 bits per heavy atom. The maximum atomic E-state index is 12.1. The summed E-state index contributed by atoms with van der Waals surface area (Å²) in [7, 11) is 3.14. The van der Waals surface area contributed by atoms with Gasteiger partial charge in [-0.15, -0.1) is 0 Å². The number of nitrogens with zero attached hydrogens (tertiary/aromatic N) is 2. The number of aromatic nitrogens is 2. The van der Waals surface area contributed by atoms with Crippen molar-refractivity contribution in [2.45, 2.75) is 19.0 Å². The highest BCUT2D eigenvalue weighted by Crippen LogP contribution is 2.17. The first-order valence-electron chi connectivity index (χ1n) is 5.60. The second kappa shape index (κ2) is 7.48. The highest BCUT2D eigenvalue weighted by Gasteiger charge is 2.23. The van der Waals surface area contributed by atoms with Crippen molar-refractivity contribution in [1.29, 1.82) is 0 Å². The summed E-state index contributed by atoms with van der Waals surface area (Å²) in [6.45, 7) is 1.34. The molecule has 0 aliphatic carbocycles. The van der Waals surface area contributed by atoms with Gasteiger partial charge >= 0.3 is 0 Å². The summed E-state index contributed by atoms with van der Waals surface area (Å²) < 4.78 is 11.4. The molecule has 1 aromatic rings. The fourth-order valence-electron chi connectivity index (χ4n) is 1.51. The molecular weight excluding hydrogens is 258 g/mol. The molecule has 0 aromatic carbocycles. The Hall–Kier alpha value is -0.950. The molecular formula is C11H18ClN3O3.